The summed E-state index contributed by atoms with van der Waals surface area (Å²) in [6, 6.07) is 9.53. The highest BCUT2D eigenvalue weighted by Gasteiger charge is 2.32. The predicted molar refractivity (Wildman–Crippen MR) is 101 cm³/mol. The molecule has 0 aliphatic heterocycles. The van der Waals surface area contributed by atoms with Gasteiger partial charge in [-0.1, -0.05) is 12.1 Å². The molecule has 0 amide bonds. The van der Waals surface area contributed by atoms with Gasteiger partial charge in [0, 0.05) is 23.6 Å². The van der Waals surface area contributed by atoms with Crippen LogP contribution in [0.4, 0.5) is 24.8 Å². The van der Waals surface area contributed by atoms with Crippen molar-refractivity contribution in [3.63, 3.8) is 0 Å². The van der Waals surface area contributed by atoms with Crippen LogP contribution in [0.15, 0.2) is 48.8 Å². The molecule has 9 heteroatoms. The van der Waals surface area contributed by atoms with Crippen molar-refractivity contribution >= 4 is 11.6 Å². The Kier molecular flexibility index (Phi) is 5.54. The molecule has 0 fully saturated rings. The van der Waals surface area contributed by atoms with Crippen LogP contribution in [0.25, 0.3) is 11.1 Å². The first-order valence-corrected chi connectivity index (χ1v) is 8.67. The average molecular weight is 404 g/mol. The summed E-state index contributed by atoms with van der Waals surface area (Å²) in [5.74, 6) is -0.163. The second-order valence-corrected chi connectivity index (χ2v) is 6.84. The minimum absolute atomic E-state index is 0.163. The van der Waals surface area contributed by atoms with E-state index < -0.39 is 24.1 Å². The molecule has 1 aromatic carbocycles. The first-order chi connectivity index (χ1) is 13.6. The van der Waals surface area contributed by atoms with Crippen molar-refractivity contribution in [2.45, 2.75) is 25.6 Å². The molecule has 1 unspecified atom stereocenters. The Morgan fingerprint density at radius 2 is 1.76 bits per heavy atom. The van der Waals surface area contributed by atoms with E-state index in [2.05, 4.69) is 20.3 Å². The molecule has 6 nitrogen and oxygen atoms in total. The summed E-state index contributed by atoms with van der Waals surface area (Å²) < 4.78 is 38.5. The van der Waals surface area contributed by atoms with Gasteiger partial charge in [0.25, 0.3) is 0 Å². The summed E-state index contributed by atoms with van der Waals surface area (Å²) in [6.45, 7) is 2.84. The molecule has 2 aromatic heterocycles. The molecule has 3 rings (SSSR count). The van der Waals surface area contributed by atoms with Gasteiger partial charge >= 0.3 is 6.18 Å². The molecule has 3 N–H and O–H groups in total. The number of aromatic nitrogens is 3. The van der Waals surface area contributed by atoms with Crippen LogP contribution in [-0.4, -0.2) is 31.8 Å². The standard InChI is InChI=1S/C20H19F3N4O2/c1-12-7-14(13-3-4-16(25-10-13)19(2,29)11-28)9-15(8-12)26-18-24-6-5-17(27-18)20(21,22)23/h3-10,28-29H,11H2,1-2H3,(H,24,26,27). The van der Waals surface area contributed by atoms with Gasteiger partial charge < -0.3 is 15.5 Å². The molecule has 0 aliphatic rings. The third-order valence-electron chi connectivity index (χ3n) is 4.24. The fraction of sp³-hybridized carbons (Fsp3) is 0.250. The van der Waals surface area contributed by atoms with Crippen LogP contribution in [0.1, 0.15) is 23.9 Å². The first-order valence-electron chi connectivity index (χ1n) is 8.67. The van der Waals surface area contributed by atoms with Crippen molar-refractivity contribution in [2.24, 2.45) is 0 Å². The highest BCUT2D eigenvalue weighted by molar-refractivity contribution is 5.70. The maximum atomic E-state index is 12.8. The van der Waals surface area contributed by atoms with Crippen molar-refractivity contribution in [1.82, 2.24) is 15.0 Å². The Hall–Kier alpha value is -3.04. The number of nitrogens with zero attached hydrogens (tertiary/aromatic N) is 3. The summed E-state index contributed by atoms with van der Waals surface area (Å²) in [6.07, 6.45) is -1.95. The number of pyridine rings is 1. The van der Waals surface area contributed by atoms with Crippen LogP contribution in [-0.2, 0) is 11.8 Å². The summed E-state index contributed by atoms with van der Waals surface area (Å²) in [5, 5.41) is 22.1. The number of aliphatic hydroxyl groups is 2. The van der Waals surface area contributed by atoms with E-state index in [0.717, 1.165) is 29.0 Å². The summed E-state index contributed by atoms with van der Waals surface area (Å²) in [5.41, 5.74) is 0.736. The summed E-state index contributed by atoms with van der Waals surface area (Å²) in [4.78, 5) is 11.6. The second-order valence-electron chi connectivity index (χ2n) is 6.84. The van der Waals surface area contributed by atoms with Crippen LogP contribution in [0.3, 0.4) is 0 Å². The number of benzene rings is 1. The van der Waals surface area contributed by atoms with Gasteiger partial charge in [-0.15, -0.1) is 0 Å². The van der Waals surface area contributed by atoms with E-state index in [-0.39, 0.29) is 5.95 Å². The Morgan fingerprint density at radius 3 is 2.38 bits per heavy atom. The zero-order valence-corrected chi connectivity index (χ0v) is 15.7. The predicted octanol–water partition coefficient (Wildman–Crippen LogP) is 3.81. The van der Waals surface area contributed by atoms with E-state index in [1.165, 1.54) is 6.92 Å². The summed E-state index contributed by atoms with van der Waals surface area (Å²) >= 11 is 0. The van der Waals surface area contributed by atoms with Gasteiger partial charge in [-0.25, -0.2) is 9.97 Å². The van der Waals surface area contributed by atoms with Crippen molar-refractivity contribution < 1.29 is 23.4 Å². The van der Waals surface area contributed by atoms with Gasteiger partial charge in [-0.3, -0.25) is 4.98 Å². The smallest absolute Gasteiger partial charge is 0.393 e. The lowest BCUT2D eigenvalue weighted by atomic mass is 10.00. The molecule has 152 valence electrons. The molecule has 3 aromatic rings. The van der Waals surface area contributed by atoms with Crippen LogP contribution in [0, 0.1) is 6.92 Å². The first kappa shape index (κ1) is 20.7. The van der Waals surface area contributed by atoms with Crippen molar-refractivity contribution in [3.05, 3.63) is 65.7 Å². The maximum Gasteiger partial charge on any atom is 0.433 e. The molecular formula is C20H19F3N4O2. The van der Waals surface area contributed by atoms with E-state index in [9.17, 15) is 23.4 Å². The van der Waals surface area contributed by atoms with E-state index in [0.29, 0.717) is 11.4 Å². The highest BCUT2D eigenvalue weighted by Crippen LogP contribution is 2.30. The molecule has 29 heavy (non-hydrogen) atoms. The quantitative estimate of drug-likeness (QED) is 0.599. The third-order valence-corrected chi connectivity index (χ3v) is 4.24. The Bertz CT molecular complexity index is 1010. The monoisotopic (exact) mass is 404 g/mol. The molecule has 0 aliphatic carbocycles. The Balaban J connectivity index is 1.89. The number of halogens is 3. The zero-order valence-electron chi connectivity index (χ0n) is 15.7. The number of hydrogen-bond acceptors (Lipinski definition) is 6. The normalized spacial score (nSPS) is 13.8. The topological polar surface area (TPSA) is 91.2 Å². The van der Waals surface area contributed by atoms with Gasteiger partial charge in [-0.2, -0.15) is 13.2 Å². The van der Waals surface area contributed by atoms with Crippen LogP contribution in [0.5, 0.6) is 0 Å². The van der Waals surface area contributed by atoms with Gasteiger partial charge in [0.1, 0.15) is 11.3 Å². The highest BCUT2D eigenvalue weighted by atomic mass is 19.4. The van der Waals surface area contributed by atoms with Gasteiger partial charge in [-0.05, 0) is 49.2 Å². The minimum Gasteiger partial charge on any atom is -0.393 e. The van der Waals surface area contributed by atoms with Gasteiger partial charge in [0.15, 0.2) is 0 Å². The van der Waals surface area contributed by atoms with Gasteiger partial charge in [0.2, 0.25) is 5.95 Å². The second kappa shape index (κ2) is 7.76. The third kappa shape index (κ3) is 4.87. The lowest BCUT2D eigenvalue weighted by molar-refractivity contribution is -0.141. The zero-order chi connectivity index (χ0) is 21.2. The van der Waals surface area contributed by atoms with Crippen molar-refractivity contribution in [1.29, 1.82) is 0 Å². The number of rotatable bonds is 5. The Labute approximate surface area is 165 Å². The SMILES string of the molecule is Cc1cc(Nc2nccc(C(F)(F)F)n2)cc(-c2ccc(C(C)(O)CO)nc2)c1. The number of aliphatic hydroxyl groups excluding tert-OH is 1. The lowest BCUT2D eigenvalue weighted by Crippen LogP contribution is -2.26. The summed E-state index contributed by atoms with van der Waals surface area (Å²) in [7, 11) is 0. The molecular weight excluding hydrogens is 385 g/mol. The van der Waals surface area contributed by atoms with Gasteiger partial charge in [0.05, 0.1) is 12.3 Å². The number of aryl methyl sites for hydroxylation is 1. The van der Waals surface area contributed by atoms with E-state index in [4.69, 9.17) is 0 Å². The molecule has 0 saturated carbocycles. The fourth-order valence-electron chi connectivity index (χ4n) is 2.69. The van der Waals surface area contributed by atoms with Crippen molar-refractivity contribution in [3.8, 4) is 11.1 Å². The number of anilines is 2. The number of hydrogen-bond donors (Lipinski definition) is 3. The van der Waals surface area contributed by atoms with Crippen LogP contribution in [0.2, 0.25) is 0 Å². The van der Waals surface area contributed by atoms with E-state index in [1.54, 1.807) is 30.5 Å². The number of nitrogens with one attached hydrogen (secondary N) is 1. The minimum atomic E-state index is -4.56. The molecule has 0 spiro atoms. The van der Waals surface area contributed by atoms with Crippen molar-refractivity contribution in [2.75, 3.05) is 11.9 Å². The van der Waals surface area contributed by atoms with Crippen LogP contribution >= 0.6 is 0 Å². The largest absolute Gasteiger partial charge is 0.433 e. The molecule has 0 radical (unpaired) electrons. The average Bonchev–Trinajstić information content (AvgIpc) is 2.67. The van der Waals surface area contributed by atoms with E-state index in [1.807, 2.05) is 13.0 Å². The lowest BCUT2D eigenvalue weighted by Gasteiger charge is -2.19. The van der Waals surface area contributed by atoms with E-state index >= 15 is 0 Å². The maximum absolute atomic E-state index is 12.8. The fourth-order valence-corrected chi connectivity index (χ4v) is 2.69. The molecule has 2 heterocycles. The van der Waals surface area contributed by atoms with Crippen LogP contribution < -0.4 is 5.32 Å². The molecule has 0 bridgehead atoms. The molecule has 0 saturated heterocycles. The molecule has 1 atom stereocenters. The number of alkyl halides is 3. The Morgan fingerprint density at radius 1 is 1.00 bits per heavy atom.